The summed E-state index contributed by atoms with van der Waals surface area (Å²) in [5, 5.41) is 8.58. The average Bonchev–Trinajstić information content (AvgIpc) is 3.41. The van der Waals surface area contributed by atoms with Crippen LogP contribution in [-0.4, -0.2) is 48.2 Å². The first-order valence-corrected chi connectivity index (χ1v) is 12.8. The number of aromatic nitrogens is 2. The molecule has 8 nitrogen and oxygen atoms in total. The normalized spacial score (nSPS) is 15.4. The summed E-state index contributed by atoms with van der Waals surface area (Å²) in [4.78, 5) is 21.7. The van der Waals surface area contributed by atoms with Crippen molar-refractivity contribution >= 4 is 38.2 Å². The molecule has 3 heterocycles. The molecule has 0 fully saturated rings. The largest absolute Gasteiger partial charge is 0.369 e. The summed E-state index contributed by atoms with van der Waals surface area (Å²) in [5.41, 5.74) is 2.62. The number of carbonyl (C=O) groups is 1. The third kappa shape index (κ3) is 4.52. The number of hydrogen-bond acceptors (Lipinski definition) is 7. The average molecular weight is 472 g/mol. The van der Waals surface area contributed by atoms with Gasteiger partial charge in [0.25, 0.3) is 0 Å². The molecule has 1 unspecified atom stereocenters. The Hall–Kier alpha value is -2.82. The van der Waals surface area contributed by atoms with E-state index in [0.717, 1.165) is 23.6 Å². The Morgan fingerprint density at radius 1 is 1.25 bits per heavy atom. The predicted octanol–water partition coefficient (Wildman–Crippen LogP) is 3.31. The Bertz CT molecular complexity index is 1220. The first-order valence-electron chi connectivity index (χ1n) is 10.5. The number of hydrogen-bond donors (Lipinski definition) is 2. The van der Waals surface area contributed by atoms with Gasteiger partial charge in [0.05, 0.1) is 17.0 Å². The molecule has 0 saturated carbocycles. The molecule has 0 radical (unpaired) electrons. The number of fused-ring (bicyclic) bond motifs is 1. The Kier molecular flexibility index (Phi) is 6.54. The maximum atomic E-state index is 12.7. The van der Waals surface area contributed by atoms with Crippen LogP contribution < -0.4 is 10.6 Å². The van der Waals surface area contributed by atoms with Crippen molar-refractivity contribution in [3.8, 4) is 0 Å². The highest BCUT2D eigenvalue weighted by atomic mass is 32.2. The molecule has 0 bridgehead atoms. The van der Waals surface area contributed by atoms with Gasteiger partial charge in [0.15, 0.2) is 5.13 Å². The van der Waals surface area contributed by atoms with Crippen LogP contribution >= 0.6 is 11.3 Å². The van der Waals surface area contributed by atoms with E-state index in [0.29, 0.717) is 23.8 Å². The highest BCUT2D eigenvalue weighted by molar-refractivity contribution is 7.89. The van der Waals surface area contributed by atoms with Crippen LogP contribution in [0.2, 0.25) is 0 Å². The number of amides is 1. The van der Waals surface area contributed by atoms with Gasteiger partial charge < -0.3 is 10.6 Å². The number of carbonyl (C=O) groups excluding carboxylic acids is 1. The van der Waals surface area contributed by atoms with Crippen molar-refractivity contribution < 1.29 is 13.2 Å². The van der Waals surface area contributed by atoms with Crippen LogP contribution in [0.3, 0.4) is 0 Å². The molecule has 168 valence electrons. The van der Waals surface area contributed by atoms with Gasteiger partial charge in [-0.25, -0.2) is 18.4 Å². The summed E-state index contributed by atoms with van der Waals surface area (Å²) in [5.74, 6) is 0.730. The third-order valence-electron chi connectivity index (χ3n) is 5.42. The maximum absolute atomic E-state index is 12.7. The van der Waals surface area contributed by atoms with Gasteiger partial charge in [-0.3, -0.25) is 4.79 Å². The fraction of sp³-hybridized carbons (Fsp3) is 0.318. The molecule has 4 rings (SSSR count). The van der Waals surface area contributed by atoms with E-state index < -0.39 is 10.0 Å². The minimum absolute atomic E-state index is 0.0638. The third-order valence-corrected chi connectivity index (χ3v) is 8.24. The molecule has 32 heavy (non-hydrogen) atoms. The molecule has 0 spiro atoms. The van der Waals surface area contributed by atoms with Crippen molar-refractivity contribution in [1.29, 1.82) is 0 Å². The van der Waals surface area contributed by atoms with Gasteiger partial charge >= 0.3 is 0 Å². The van der Waals surface area contributed by atoms with E-state index in [1.165, 1.54) is 15.6 Å². The number of anilines is 2. The topological polar surface area (TPSA) is 104 Å². The minimum Gasteiger partial charge on any atom is -0.369 e. The first-order chi connectivity index (χ1) is 15.4. The number of nitrogens with one attached hydrogen (secondary N) is 2. The minimum atomic E-state index is -3.57. The lowest BCUT2D eigenvalue weighted by atomic mass is 10.0. The molecule has 1 amide bonds. The van der Waals surface area contributed by atoms with Crippen molar-refractivity contribution in [2.24, 2.45) is 0 Å². The summed E-state index contributed by atoms with van der Waals surface area (Å²) in [7, 11) is -3.57. The second-order valence-corrected chi connectivity index (χ2v) is 10.2. The molecule has 2 aromatic heterocycles. The molecule has 1 aromatic carbocycles. The summed E-state index contributed by atoms with van der Waals surface area (Å²) < 4.78 is 26.9. The molecule has 1 aliphatic heterocycles. The van der Waals surface area contributed by atoms with Gasteiger partial charge in [-0.15, -0.1) is 11.3 Å². The van der Waals surface area contributed by atoms with E-state index in [1.807, 2.05) is 17.5 Å². The number of pyridine rings is 1. The molecule has 0 saturated heterocycles. The number of thiazole rings is 1. The Morgan fingerprint density at radius 3 is 2.84 bits per heavy atom. The molecule has 3 aromatic rings. The van der Waals surface area contributed by atoms with Gasteiger partial charge in [-0.2, -0.15) is 4.31 Å². The number of rotatable bonds is 8. The van der Waals surface area contributed by atoms with Crippen molar-refractivity contribution in [3.05, 3.63) is 64.8 Å². The summed E-state index contributed by atoms with van der Waals surface area (Å²) >= 11 is 1.37. The van der Waals surface area contributed by atoms with E-state index >= 15 is 0 Å². The smallest absolute Gasteiger partial charge is 0.243 e. The summed E-state index contributed by atoms with van der Waals surface area (Å²) in [6.07, 6.45) is 1.82. The van der Waals surface area contributed by atoms with E-state index in [2.05, 4.69) is 20.6 Å². The van der Waals surface area contributed by atoms with Gasteiger partial charge in [0.2, 0.25) is 15.9 Å². The lowest BCUT2D eigenvalue weighted by Gasteiger charge is -2.18. The zero-order valence-corrected chi connectivity index (χ0v) is 19.5. The summed E-state index contributed by atoms with van der Waals surface area (Å²) in [6.45, 7) is 5.12. The van der Waals surface area contributed by atoms with Crippen LogP contribution in [0, 0.1) is 0 Å². The standard InChI is InChI=1S/C22H25N5O3S2/c1-3-27(4-2)32(29,30)16-8-5-7-15(11-16)12-20(28)26-22-25-19(14-31-22)18-13-24-21-17(18)9-6-10-23-21/h5-11,14,18H,3-4,12-13H2,1-2H3,(H,23,24)(H,25,26,28). The van der Waals surface area contributed by atoms with Crippen LogP contribution in [-0.2, 0) is 21.2 Å². The van der Waals surface area contributed by atoms with Crippen LogP contribution in [0.1, 0.15) is 36.6 Å². The quantitative estimate of drug-likeness (QED) is 0.522. The van der Waals surface area contributed by atoms with Gasteiger partial charge in [-0.05, 0) is 23.8 Å². The molecule has 1 atom stereocenters. The van der Waals surface area contributed by atoms with Crippen molar-refractivity contribution in [3.63, 3.8) is 0 Å². The van der Waals surface area contributed by atoms with Gasteiger partial charge in [0.1, 0.15) is 5.82 Å². The van der Waals surface area contributed by atoms with Crippen molar-refractivity contribution in [1.82, 2.24) is 14.3 Å². The van der Waals surface area contributed by atoms with Gasteiger partial charge in [-0.1, -0.05) is 32.0 Å². The fourth-order valence-corrected chi connectivity index (χ4v) is 6.11. The summed E-state index contributed by atoms with van der Waals surface area (Å²) in [6, 6.07) is 10.5. The molecule has 10 heteroatoms. The Balaban J connectivity index is 1.43. The SMILES string of the molecule is CCN(CC)S(=O)(=O)c1cccc(CC(=O)Nc2nc(C3CNc4ncccc43)cs2)c1. The van der Waals surface area contributed by atoms with Crippen LogP contribution in [0.4, 0.5) is 10.9 Å². The highest BCUT2D eigenvalue weighted by Crippen LogP contribution is 2.35. The van der Waals surface area contributed by atoms with Crippen molar-refractivity contribution in [2.75, 3.05) is 30.3 Å². The molecular formula is C22H25N5O3S2. The molecule has 0 aliphatic carbocycles. The van der Waals surface area contributed by atoms with E-state index in [1.54, 1.807) is 44.3 Å². The van der Waals surface area contributed by atoms with Crippen LogP contribution in [0.15, 0.2) is 52.9 Å². The zero-order valence-electron chi connectivity index (χ0n) is 17.9. The zero-order chi connectivity index (χ0) is 22.7. The molecule has 1 aliphatic rings. The Labute approximate surface area is 191 Å². The monoisotopic (exact) mass is 471 g/mol. The van der Waals surface area contributed by atoms with E-state index in [9.17, 15) is 13.2 Å². The second kappa shape index (κ2) is 9.35. The van der Waals surface area contributed by atoms with E-state index in [-0.39, 0.29) is 23.1 Å². The van der Waals surface area contributed by atoms with Crippen LogP contribution in [0.5, 0.6) is 0 Å². The number of benzene rings is 1. The van der Waals surface area contributed by atoms with Gasteiger partial charge in [0, 0.05) is 42.7 Å². The highest BCUT2D eigenvalue weighted by Gasteiger charge is 2.27. The Morgan fingerprint density at radius 2 is 2.06 bits per heavy atom. The maximum Gasteiger partial charge on any atom is 0.243 e. The second-order valence-electron chi connectivity index (χ2n) is 7.41. The predicted molar refractivity (Wildman–Crippen MR) is 126 cm³/mol. The van der Waals surface area contributed by atoms with Crippen molar-refractivity contribution in [2.45, 2.75) is 31.1 Å². The van der Waals surface area contributed by atoms with E-state index in [4.69, 9.17) is 0 Å². The lowest BCUT2D eigenvalue weighted by molar-refractivity contribution is -0.115. The van der Waals surface area contributed by atoms with Crippen LogP contribution in [0.25, 0.3) is 0 Å². The molecular weight excluding hydrogens is 446 g/mol. The molecule has 2 N–H and O–H groups in total. The first kappa shape index (κ1) is 22.4. The number of sulfonamides is 1. The lowest BCUT2D eigenvalue weighted by Crippen LogP contribution is -2.30. The number of nitrogens with zero attached hydrogens (tertiary/aromatic N) is 3. The fourth-order valence-electron chi connectivity index (χ4n) is 3.80.